The first-order valence-electron chi connectivity index (χ1n) is 8.24. The second-order valence-corrected chi connectivity index (χ2v) is 8.99. The minimum absolute atomic E-state index is 0.243. The minimum Gasteiger partial charge on any atom is -0.316 e. The van der Waals surface area contributed by atoms with Gasteiger partial charge in [-0.1, -0.05) is 0 Å². The van der Waals surface area contributed by atoms with Crippen molar-refractivity contribution >= 4 is 10.0 Å². The molecule has 0 bridgehead atoms. The van der Waals surface area contributed by atoms with Crippen LogP contribution in [0.3, 0.4) is 0 Å². The summed E-state index contributed by atoms with van der Waals surface area (Å²) in [4.78, 5) is 0. The number of sulfonamides is 1. The molecule has 0 unspecified atom stereocenters. The average molecular weight is 352 g/mol. The molecule has 1 saturated heterocycles. The quantitative estimate of drug-likeness (QED) is 0.800. The van der Waals surface area contributed by atoms with E-state index in [1.807, 2.05) is 28.6 Å². The summed E-state index contributed by atoms with van der Waals surface area (Å²) in [6.07, 6.45) is 5.19. The molecule has 132 valence electrons. The zero-order valence-corrected chi connectivity index (χ0v) is 15.1. The number of aromatic nitrogens is 5. The third kappa shape index (κ3) is 3.23. The molecule has 1 aliphatic heterocycles. The van der Waals surface area contributed by atoms with Gasteiger partial charge in [0.2, 0.25) is 10.0 Å². The standard InChI is InChI=1S/C15H24N6O2S/c1-12(2)24(22,23)21-9-5-13(6-10-21)15-18-17-14(19(15)3)11-20-8-4-7-16-20/h4,7-8,12-13H,5-6,9-11H2,1-3H3. The van der Waals surface area contributed by atoms with Crippen molar-refractivity contribution in [1.29, 1.82) is 0 Å². The molecule has 2 aromatic heterocycles. The number of hydrogen-bond donors (Lipinski definition) is 0. The molecule has 1 fully saturated rings. The van der Waals surface area contributed by atoms with Gasteiger partial charge in [-0.25, -0.2) is 12.7 Å². The van der Waals surface area contributed by atoms with Gasteiger partial charge in [0.05, 0.1) is 5.25 Å². The fraction of sp³-hybridized carbons (Fsp3) is 0.667. The second kappa shape index (κ2) is 6.64. The molecule has 0 amide bonds. The average Bonchev–Trinajstić information content (AvgIpc) is 3.19. The van der Waals surface area contributed by atoms with E-state index in [9.17, 15) is 8.42 Å². The van der Waals surface area contributed by atoms with Crippen molar-refractivity contribution in [3.8, 4) is 0 Å². The fourth-order valence-electron chi connectivity index (χ4n) is 3.07. The van der Waals surface area contributed by atoms with E-state index < -0.39 is 10.0 Å². The third-order valence-corrected chi connectivity index (χ3v) is 6.91. The summed E-state index contributed by atoms with van der Waals surface area (Å²) in [7, 11) is -1.20. The van der Waals surface area contributed by atoms with Crippen LogP contribution in [0.4, 0.5) is 0 Å². The fourth-order valence-corrected chi connectivity index (χ4v) is 4.39. The lowest BCUT2D eigenvalue weighted by Gasteiger charge is -2.31. The van der Waals surface area contributed by atoms with Crippen LogP contribution in [0.2, 0.25) is 0 Å². The molecule has 0 atom stereocenters. The third-order valence-electron chi connectivity index (χ3n) is 4.64. The largest absolute Gasteiger partial charge is 0.316 e. The lowest BCUT2D eigenvalue weighted by Crippen LogP contribution is -2.41. The summed E-state index contributed by atoms with van der Waals surface area (Å²) < 4.78 is 30.0. The first-order valence-corrected chi connectivity index (χ1v) is 9.74. The van der Waals surface area contributed by atoms with E-state index >= 15 is 0 Å². The smallest absolute Gasteiger partial charge is 0.216 e. The molecule has 0 spiro atoms. The predicted molar refractivity (Wildman–Crippen MR) is 89.9 cm³/mol. The number of hydrogen-bond acceptors (Lipinski definition) is 5. The Balaban J connectivity index is 1.68. The zero-order chi connectivity index (χ0) is 17.3. The SMILES string of the molecule is CC(C)S(=O)(=O)N1CCC(c2nnc(Cn3cccn3)n2C)CC1. The zero-order valence-electron chi connectivity index (χ0n) is 14.3. The van der Waals surface area contributed by atoms with Crippen molar-refractivity contribution in [1.82, 2.24) is 28.9 Å². The van der Waals surface area contributed by atoms with Gasteiger partial charge in [0, 0.05) is 38.4 Å². The maximum Gasteiger partial charge on any atom is 0.216 e. The van der Waals surface area contributed by atoms with Gasteiger partial charge in [-0.05, 0) is 32.8 Å². The molecule has 0 aromatic carbocycles. The molecule has 0 aliphatic carbocycles. The van der Waals surface area contributed by atoms with Gasteiger partial charge in [0.25, 0.3) is 0 Å². The molecule has 1 aliphatic rings. The van der Waals surface area contributed by atoms with E-state index in [0.717, 1.165) is 24.5 Å². The Morgan fingerprint density at radius 1 is 1.25 bits per heavy atom. The Kier molecular flexibility index (Phi) is 4.73. The van der Waals surface area contributed by atoms with Crippen molar-refractivity contribution in [3.63, 3.8) is 0 Å². The van der Waals surface area contributed by atoms with Crippen molar-refractivity contribution in [2.45, 2.75) is 44.4 Å². The maximum atomic E-state index is 12.3. The molecular formula is C15H24N6O2S. The molecule has 9 heteroatoms. The molecule has 0 radical (unpaired) electrons. The molecule has 3 heterocycles. The van der Waals surface area contributed by atoms with Crippen LogP contribution < -0.4 is 0 Å². The van der Waals surface area contributed by atoms with E-state index in [-0.39, 0.29) is 11.2 Å². The van der Waals surface area contributed by atoms with Crippen molar-refractivity contribution in [2.24, 2.45) is 7.05 Å². The summed E-state index contributed by atoms with van der Waals surface area (Å²) in [5.41, 5.74) is 0. The van der Waals surface area contributed by atoms with Gasteiger partial charge in [-0.3, -0.25) is 4.68 Å². The maximum absolute atomic E-state index is 12.3. The molecule has 0 saturated carbocycles. The van der Waals surface area contributed by atoms with Gasteiger partial charge in [-0.15, -0.1) is 10.2 Å². The summed E-state index contributed by atoms with van der Waals surface area (Å²) in [5.74, 6) is 2.03. The lowest BCUT2D eigenvalue weighted by molar-refractivity contribution is 0.308. The van der Waals surface area contributed by atoms with E-state index in [1.54, 1.807) is 24.3 Å². The van der Waals surface area contributed by atoms with E-state index in [1.165, 1.54) is 0 Å². The van der Waals surface area contributed by atoms with Gasteiger partial charge >= 0.3 is 0 Å². The van der Waals surface area contributed by atoms with E-state index in [4.69, 9.17) is 0 Å². The Hall–Kier alpha value is -1.74. The first kappa shape index (κ1) is 17.1. The summed E-state index contributed by atoms with van der Waals surface area (Å²) in [6.45, 7) is 5.13. The summed E-state index contributed by atoms with van der Waals surface area (Å²) in [6, 6.07) is 1.88. The Bertz CT molecular complexity index is 773. The first-order chi connectivity index (χ1) is 11.4. The van der Waals surface area contributed by atoms with Crippen molar-refractivity contribution < 1.29 is 8.42 Å². The second-order valence-electron chi connectivity index (χ2n) is 6.50. The van der Waals surface area contributed by atoms with Gasteiger partial charge in [0.15, 0.2) is 5.82 Å². The highest BCUT2D eigenvalue weighted by Gasteiger charge is 2.32. The highest BCUT2D eigenvalue weighted by atomic mass is 32.2. The molecule has 3 rings (SSSR count). The molecule has 0 N–H and O–H groups in total. The topological polar surface area (TPSA) is 85.9 Å². The molecule has 24 heavy (non-hydrogen) atoms. The van der Waals surface area contributed by atoms with Crippen LogP contribution in [0.1, 0.15) is 44.3 Å². The van der Waals surface area contributed by atoms with Crippen LogP contribution in [-0.2, 0) is 23.6 Å². The highest BCUT2D eigenvalue weighted by molar-refractivity contribution is 7.89. The Morgan fingerprint density at radius 2 is 1.96 bits per heavy atom. The van der Waals surface area contributed by atoms with Crippen molar-refractivity contribution in [3.05, 3.63) is 30.1 Å². The summed E-state index contributed by atoms with van der Waals surface area (Å²) in [5, 5.41) is 12.4. The van der Waals surface area contributed by atoms with Crippen LogP contribution in [-0.4, -0.2) is 55.6 Å². The normalized spacial score (nSPS) is 17.7. The number of piperidine rings is 1. The molecule has 2 aromatic rings. The molecule has 8 nitrogen and oxygen atoms in total. The van der Waals surface area contributed by atoms with E-state index in [2.05, 4.69) is 15.3 Å². The Labute approximate surface area is 142 Å². The van der Waals surface area contributed by atoms with Crippen LogP contribution in [0.25, 0.3) is 0 Å². The Morgan fingerprint density at radius 3 is 2.54 bits per heavy atom. The number of rotatable bonds is 5. The van der Waals surface area contributed by atoms with Gasteiger partial charge < -0.3 is 4.57 Å². The van der Waals surface area contributed by atoms with Gasteiger partial charge in [0.1, 0.15) is 12.4 Å². The minimum atomic E-state index is -3.17. The predicted octanol–water partition coefficient (Wildman–Crippen LogP) is 0.977. The molecular weight excluding hydrogens is 328 g/mol. The highest BCUT2D eigenvalue weighted by Crippen LogP contribution is 2.28. The van der Waals surface area contributed by atoms with E-state index in [0.29, 0.717) is 19.6 Å². The lowest BCUT2D eigenvalue weighted by atomic mass is 9.97. The monoisotopic (exact) mass is 352 g/mol. The number of nitrogens with zero attached hydrogens (tertiary/aromatic N) is 6. The van der Waals surface area contributed by atoms with Crippen LogP contribution in [0, 0.1) is 0 Å². The van der Waals surface area contributed by atoms with Gasteiger partial charge in [-0.2, -0.15) is 5.10 Å². The van der Waals surface area contributed by atoms with Crippen molar-refractivity contribution in [2.75, 3.05) is 13.1 Å². The van der Waals surface area contributed by atoms with Crippen LogP contribution in [0.5, 0.6) is 0 Å². The van der Waals surface area contributed by atoms with Crippen LogP contribution in [0.15, 0.2) is 18.5 Å². The summed E-state index contributed by atoms with van der Waals surface area (Å²) >= 11 is 0. The van der Waals surface area contributed by atoms with Crippen LogP contribution >= 0.6 is 0 Å².